The van der Waals surface area contributed by atoms with Gasteiger partial charge in [-0.05, 0) is 42.8 Å². The Morgan fingerprint density at radius 1 is 1.39 bits per heavy atom. The molecule has 0 saturated carbocycles. The van der Waals surface area contributed by atoms with Crippen LogP contribution in [0.1, 0.15) is 21.9 Å². The normalized spacial score (nSPS) is 12.0. The van der Waals surface area contributed by atoms with Crippen molar-refractivity contribution in [3.8, 4) is 5.75 Å². The third kappa shape index (κ3) is 4.91. The number of ether oxygens (including phenoxy) is 1. The van der Waals surface area contributed by atoms with Crippen molar-refractivity contribution in [3.05, 3.63) is 47.4 Å². The van der Waals surface area contributed by atoms with Crippen molar-refractivity contribution in [1.29, 1.82) is 0 Å². The van der Waals surface area contributed by atoms with Crippen LogP contribution in [0.15, 0.2) is 34.7 Å². The molecule has 124 valence electrons. The van der Waals surface area contributed by atoms with E-state index in [9.17, 15) is 9.90 Å². The lowest BCUT2D eigenvalue weighted by Gasteiger charge is -2.13. The van der Waals surface area contributed by atoms with Crippen LogP contribution in [0.3, 0.4) is 0 Å². The van der Waals surface area contributed by atoms with E-state index in [0.717, 1.165) is 11.3 Å². The Morgan fingerprint density at radius 3 is 2.78 bits per heavy atom. The SMILES string of the molecule is Cc1cc(OCc2ccc(C(=O)O)o2)ccc1NCC(O)CCl. The third-order valence-electron chi connectivity index (χ3n) is 3.16. The Morgan fingerprint density at radius 2 is 2.17 bits per heavy atom. The number of nitrogens with one attached hydrogen (secondary N) is 1. The smallest absolute Gasteiger partial charge is 0.371 e. The summed E-state index contributed by atoms with van der Waals surface area (Å²) in [6, 6.07) is 8.43. The van der Waals surface area contributed by atoms with E-state index in [0.29, 0.717) is 18.1 Å². The molecule has 1 atom stereocenters. The number of halogens is 1. The van der Waals surface area contributed by atoms with Gasteiger partial charge in [0.25, 0.3) is 0 Å². The fourth-order valence-electron chi connectivity index (χ4n) is 1.93. The standard InChI is InChI=1S/C16H18ClNO5/c1-10-6-12(2-4-14(10)18-8-11(19)7-17)22-9-13-3-5-15(23-13)16(20)21/h2-6,11,18-19H,7-9H2,1H3,(H,20,21). The lowest BCUT2D eigenvalue weighted by atomic mass is 10.2. The maximum atomic E-state index is 10.7. The molecule has 0 aliphatic carbocycles. The van der Waals surface area contributed by atoms with Gasteiger partial charge in [-0.2, -0.15) is 0 Å². The summed E-state index contributed by atoms with van der Waals surface area (Å²) in [7, 11) is 0. The maximum Gasteiger partial charge on any atom is 0.371 e. The zero-order valence-corrected chi connectivity index (χ0v) is 13.3. The maximum absolute atomic E-state index is 10.7. The minimum atomic E-state index is -1.11. The van der Waals surface area contributed by atoms with Gasteiger partial charge in [-0.1, -0.05) is 0 Å². The Balaban J connectivity index is 1.93. The van der Waals surface area contributed by atoms with Gasteiger partial charge < -0.3 is 24.7 Å². The van der Waals surface area contributed by atoms with Gasteiger partial charge in [0.05, 0.1) is 12.0 Å². The molecule has 1 aromatic carbocycles. The average molecular weight is 340 g/mol. The van der Waals surface area contributed by atoms with Crippen molar-refractivity contribution in [2.24, 2.45) is 0 Å². The molecule has 3 N–H and O–H groups in total. The number of furan rings is 1. The van der Waals surface area contributed by atoms with Gasteiger partial charge in [-0.25, -0.2) is 4.79 Å². The first-order chi connectivity index (χ1) is 11.0. The number of carboxylic acid groups (broad SMARTS) is 1. The number of carbonyl (C=O) groups is 1. The molecule has 1 unspecified atom stereocenters. The molecular weight excluding hydrogens is 322 g/mol. The zero-order chi connectivity index (χ0) is 16.8. The van der Waals surface area contributed by atoms with Crippen LogP contribution >= 0.6 is 11.6 Å². The number of rotatable bonds is 8. The number of alkyl halides is 1. The highest BCUT2D eigenvalue weighted by Gasteiger charge is 2.10. The number of carboxylic acids is 1. The first kappa shape index (κ1) is 17.2. The summed E-state index contributed by atoms with van der Waals surface area (Å²) in [5, 5.41) is 21.3. The van der Waals surface area contributed by atoms with Crippen molar-refractivity contribution in [2.45, 2.75) is 19.6 Å². The van der Waals surface area contributed by atoms with Crippen molar-refractivity contribution in [2.75, 3.05) is 17.7 Å². The van der Waals surface area contributed by atoms with Crippen LogP contribution in [0, 0.1) is 6.92 Å². The molecule has 7 heteroatoms. The minimum absolute atomic E-state index is 0.114. The van der Waals surface area contributed by atoms with Crippen LogP contribution in [0.5, 0.6) is 5.75 Å². The highest BCUT2D eigenvalue weighted by atomic mass is 35.5. The number of aromatic carboxylic acids is 1. The van der Waals surface area contributed by atoms with Crippen LogP contribution in [0.25, 0.3) is 0 Å². The van der Waals surface area contributed by atoms with E-state index in [2.05, 4.69) is 5.32 Å². The molecule has 0 saturated heterocycles. The molecule has 2 aromatic rings. The molecule has 0 aliphatic heterocycles. The first-order valence-corrected chi connectivity index (χ1v) is 7.56. The van der Waals surface area contributed by atoms with Gasteiger partial charge in [-0.3, -0.25) is 0 Å². The lowest BCUT2D eigenvalue weighted by molar-refractivity contribution is 0.0658. The first-order valence-electron chi connectivity index (χ1n) is 7.03. The summed E-state index contributed by atoms with van der Waals surface area (Å²) >= 11 is 5.55. The second-order valence-corrected chi connectivity index (χ2v) is 5.33. The number of aryl methyl sites for hydroxylation is 1. The Labute approximate surface area is 138 Å². The summed E-state index contributed by atoms with van der Waals surface area (Å²) in [6.45, 7) is 2.43. The highest BCUT2D eigenvalue weighted by molar-refractivity contribution is 6.18. The van der Waals surface area contributed by atoms with Crippen LogP contribution in [-0.2, 0) is 6.61 Å². The van der Waals surface area contributed by atoms with Crippen molar-refractivity contribution >= 4 is 23.3 Å². The molecule has 0 spiro atoms. The Bertz CT molecular complexity index is 670. The molecular formula is C16H18ClNO5. The summed E-state index contributed by atoms with van der Waals surface area (Å²) < 4.78 is 10.7. The highest BCUT2D eigenvalue weighted by Crippen LogP contribution is 2.22. The summed E-state index contributed by atoms with van der Waals surface area (Å²) in [5.41, 5.74) is 1.84. The van der Waals surface area contributed by atoms with Crippen LogP contribution in [0.4, 0.5) is 5.69 Å². The van der Waals surface area contributed by atoms with Gasteiger partial charge in [0, 0.05) is 12.2 Å². The molecule has 0 bridgehead atoms. The number of anilines is 1. The van der Waals surface area contributed by atoms with Crippen LogP contribution in [-0.4, -0.2) is 34.7 Å². The summed E-state index contributed by atoms with van der Waals surface area (Å²) in [6.07, 6.45) is -0.602. The monoisotopic (exact) mass is 339 g/mol. The van der Waals surface area contributed by atoms with Crippen molar-refractivity contribution < 1.29 is 24.2 Å². The number of hydrogen-bond acceptors (Lipinski definition) is 5. The van der Waals surface area contributed by atoms with Crippen molar-refractivity contribution in [3.63, 3.8) is 0 Å². The van der Waals surface area contributed by atoms with E-state index in [4.69, 9.17) is 25.9 Å². The molecule has 0 radical (unpaired) electrons. The quantitative estimate of drug-likeness (QED) is 0.640. The number of aliphatic hydroxyl groups is 1. The second-order valence-electron chi connectivity index (χ2n) is 5.03. The predicted octanol–water partition coefficient (Wildman–Crippen LogP) is 2.88. The van der Waals surface area contributed by atoms with Crippen LogP contribution in [0.2, 0.25) is 0 Å². The van der Waals surface area contributed by atoms with Gasteiger partial charge in [0.2, 0.25) is 5.76 Å². The largest absolute Gasteiger partial charge is 0.486 e. The molecule has 1 aromatic heterocycles. The van der Waals surface area contributed by atoms with E-state index in [-0.39, 0.29) is 18.2 Å². The van der Waals surface area contributed by atoms with Gasteiger partial charge in [-0.15, -0.1) is 11.6 Å². The van der Waals surface area contributed by atoms with Gasteiger partial charge in [0.15, 0.2) is 0 Å². The molecule has 0 aliphatic rings. The summed E-state index contributed by atoms with van der Waals surface area (Å²) in [5.74, 6) is 0.0277. The Kier molecular flexibility index (Phi) is 5.90. The Hall–Kier alpha value is -2.18. The van der Waals surface area contributed by atoms with Crippen molar-refractivity contribution in [1.82, 2.24) is 0 Å². The van der Waals surface area contributed by atoms with E-state index >= 15 is 0 Å². The zero-order valence-electron chi connectivity index (χ0n) is 12.6. The summed E-state index contributed by atoms with van der Waals surface area (Å²) in [4.78, 5) is 10.7. The lowest BCUT2D eigenvalue weighted by Crippen LogP contribution is -2.21. The molecule has 23 heavy (non-hydrogen) atoms. The third-order valence-corrected chi connectivity index (χ3v) is 3.51. The number of aliphatic hydroxyl groups excluding tert-OH is 1. The molecule has 2 rings (SSSR count). The fraction of sp³-hybridized carbons (Fsp3) is 0.312. The molecule has 1 heterocycles. The fourth-order valence-corrected chi connectivity index (χ4v) is 2.04. The second kappa shape index (κ2) is 7.89. The number of benzene rings is 1. The molecule has 0 fully saturated rings. The van der Waals surface area contributed by atoms with E-state index in [1.54, 1.807) is 12.1 Å². The van der Waals surface area contributed by atoms with E-state index < -0.39 is 12.1 Å². The predicted molar refractivity (Wildman–Crippen MR) is 86.4 cm³/mol. The minimum Gasteiger partial charge on any atom is -0.486 e. The van der Waals surface area contributed by atoms with Crippen LogP contribution < -0.4 is 10.1 Å². The molecule has 0 amide bonds. The van der Waals surface area contributed by atoms with Gasteiger partial charge >= 0.3 is 5.97 Å². The van der Waals surface area contributed by atoms with Gasteiger partial charge in [0.1, 0.15) is 18.1 Å². The number of hydrogen-bond donors (Lipinski definition) is 3. The topological polar surface area (TPSA) is 91.9 Å². The molecule has 6 nitrogen and oxygen atoms in total. The van der Waals surface area contributed by atoms with E-state index in [1.165, 1.54) is 6.07 Å². The average Bonchev–Trinajstić information content (AvgIpc) is 3.01. The van der Waals surface area contributed by atoms with E-state index in [1.807, 2.05) is 19.1 Å².